The lowest BCUT2D eigenvalue weighted by Gasteiger charge is -2.26. The second kappa shape index (κ2) is 7.39. The second-order valence-corrected chi connectivity index (χ2v) is 8.24. The Morgan fingerprint density at radius 2 is 1.77 bits per heavy atom. The highest BCUT2D eigenvalue weighted by Crippen LogP contribution is 2.34. The summed E-state index contributed by atoms with van der Waals surface area (Å²) in [5.41, 5.74) is 1.21. The maximum absolute atomic E-state index is 12.3. The zero-order valence-corrected chi connectivity index (χ0v) is 15.8. The normalized spacial score (nSPS) is 12.1. The molecule has 0 saturated carbocycles. The number of ether oxygens (including phenoxy) is 1. The van der Waals surface area contributed by atoms with Gasteiger partial charge in [0.1, 0.15) is 5.75 Å². The molecule has 0 atom stereocenters. The molecule has 0 saturated heterocycles. The third-order valence-electron chi connectivity index (χ3n) is 3.96. The Labute approximate surface area is 157 Å². The number of sulfone groups is 1. The lowest BCUT2D eigenvalue weighted by atomic mass is 9.49. The summed E-state index contributed by atoms with van der Waals surface area (Å²) in [5, 5.41) is -1.89. The van der Waals surface area contributed by atoms with Gasteiger partial charge < -0.3 is 9.30 Å². The molecular formula is C17H18B3NO4S. The molecule has 0 aliphatic rings. The molecule has 2 rings (SSSR count). The second-order valence-electron chi connectivity index (χ2n) is 5.96. The molecular weight excluding hydrogens is 347 g/mol. The lowest BCUT2D eigenvalue weighted by molar-refractivity contribution is 0.341. The summed E-state index contributed by atoms with van der Waals surface area (Å²) >= 11 is 0. The molecule has 0 unspecified atom stereocenters. The maximum atomic E-state index is 12.3. The Hall–Kier alpha value is -1.89. The van der Waals surface area contributed by atoms with Gasteiger partial charge >= 0.3 is 0 Å². The van der Waals surface area contributed by atoms with E-state index < -0.39 is 20.6 Å². The standard InChI is InChI=1S/C17H18B3NO4S/c1-4-25-15-7-6-12(26(23,24)5-2)9-13(15)14-10-21(17(18,19)20)16(22)8-11(14)3/h6-10H,4-5H2,1-3H3. The summed E-state index contributed by atoms with van der Waals surface area (Å²) in [6, 6.07) is 5.95. The average Bonchev–Trinajstić information content (AvgIpc) is 2.54. The van der Waals surface area contributed by atoms with E-state index >= 15 is 0 Å². The Morgan fingerprint density at radius 3 is 2.31 bits per heavy atom. The van der Waals surface area contributed by atoms with Gasteiger partial charge in [0.2, 0.25) is 5.56 Å². The highest BCUT2D eigenvalue weighted by atomic mass is 32.2. The van der Waals surface area contributed by atoms with Crippen molar-refractivity contribution in [2.45, 2.75) is 30.9 Å². The third kappa shape index (κ3) is 4.09. The largest absolute Gasteiger partial charge is 0.493 e. The van der Waals surface area contributed by atoms with Crippen molar-refractivity contribution in [2.24, 2.45) is 0 Å². The van der Waals surface area contributed by atoms with E-state index in [1.165, 1.54) is 24.4 Å². The van der Waals surface area contributed by atoms with Crippen molar-refractivity contribution in [2.75, 3.05) is 12.4 Å². The first-order valence-electron chi connectivity index (χ1n) is 8.11. The Balaban J connectivity index is 2.81. The van der Waals surface area contributed by atoms with Crippen LogP contribution >= 0.6 is 0 Å². The molecule has 1 aromatic carbocycles. The van der Waals surface area contributed by atoms with E-state index in [1.807, 2.05) is 6.92 Å². The average molecular weight is 365 g/mol. The SMILES string of the molecule is [B]C([B])([B])n1cc(-c2cc(S(=O)(=O)CC)ccc2OCC)c(C)cc1=O. The zero-order valence-electron chi connectivity index (χ0n) is 15.0. The molecule has 0 aliphatic heterocycles. The molecule has 5 nitrogen and oxygen atoms in total. The summed E-state index contributed by atoms with van der Waals surface area (Å²) in [7, 11) is 13.6. The number of nitrogens with zero attached hydrogens (tertiary/aromatic N) is 1. The molecule has 1 aromatic heterocycles. The van der Waals surface area contributed by atoms with Crippen LogP contribution < -0.4 is 10.3 Å². The van der Waals surface area contributed by atoms with Crippen molar-refractivity contribution >= 4 is 33.4 Å². The lowest BCUT2D eigenvalue weighted by Crippen LogP contribution is -2.42. The van der Waals surface area contributed by atoms with Crippen molar-refractivity contribution in [3.63, 3.8) is 0 Å². The number of pyridine rings is 1. The van der Waals surface area contributed by atoms with Gasteiger partial charge in [0.25, 0.3) is 0 Å². The van der Waals surface area contributed by atoms with Gasteiger partial charge in [0, 0.05) is 23.4 Å². The third-order valence-corrected chi connectivity index (χ3v) is 5.69. The molecule has 9 heteroatoms. The zero-order chi connectivity index (χ0) is 19.7. The predicted molar refractivity (Wildman–Crippen MR) is 105 cm³/mol. The molecule has 0 spiro atoms. The van der Waals surface area contributed by atoms with Crippen molar-refractivity contribution in [3.05, 3.63) is 46.4 Å². The van der Waals surface area contributed by atoms with Crippen molar-refractivity contribution < 1.29 is 13.2 Å². The van der Waals surface area contributed by atoms with Crippen molar-refractivity contribution in [1.82, 2.24) is 4.57 Å². The Morgan fingerprint density at radius 1 is 1.12 bits per heavy atom. The van der Waals surface area contributed by atoms with E-state index in [4.69, 9.17) is 28.3 Å². The first-order chi connectivity index (χ1) is 12.0. The monoisotopic (exact) mass is 365 g/mol. The number of hydrogen-bond donors (Lipinski definition) is 0. The molecule has 6 radical (unpaired) electrons. The molecule has 0 N–H and O–H groups in total. The van der Waals surface area contributed by atoms with Crippen LogP contribution in [0.25, 0.3) is 11.1 Å². The van der Waals surface area contributed by atoms with Gasteiger partial charge in [-0.1, -0.05) is 12.2 Å². The molecule has 0 amide bonds. The van der Waals surface area contributed by atoms with Gasteiger partial charge in [-0.25, -0.2) is 8.42 Å². The van der Waals surface area contributed by atoms with E-state index in [1.54, 1.807) is 19.9 Å². The van der Waals surface area contributed by atoms with Gasteiger partial charge in [-0.15, -0.1) is 0 Å². The van der Waals surface area contributed by atoms with Gasteiger partial charge in [0.15, 0.2) is 9.84 Å². The fourth-order valence-electron chi connectivity index (χ4n) is 2.57. The van der Waals surface area contributed by atoms with Crippen LogP contribution in [0.4, 0.5) is 0 Å². The molecule has 1 heterocycles. The van der Waals surface area contributed by atoms with Gasteiger partial charge in [-0.3, -0.25) is 4.79 Å². The fraction of sp³-hybridized carbons (Fsp3) is 0.353. The van der Waals surface area contributed by atoms with E-state index in [-0.39, 0.29) is 10.6 Å². The minimum Gasteiger partial charge on any atom is -0.493 e. The molecule has 0 fully saturated rings. The van der Waals surface area contributed by atoms with E-state index in [2.05, 4.69) is 0 Å². The number of benzene rings is 1. The summed E-state index contributed by atoms with van der Waals surface area (Å²) in [5.74, 6) is 0.448. The minimum absolute atomic E-state index is 0.0313. The molecule has 2 aromatic rings. The summed E-state index contributed by atoms with van der Waals surface area (Å²) in [6.07, 6.45) is 1.41. The Kier molecular flexibility index (Phi) is 5.81. The predicted octanol–water partition coefficient (Wildman–Crippen LogP) is 1.09. The topological polar surface area (TPSA) is 65.4 Å². The van der Waals surface area contributed by atoms with Crippen molar-refractivity contribution in [3.8, 4) is 16.9 Å². The van der Waals surface area contributed by atoms with Crippen molar-refractivity contribution in [1.29, 1.82) is 0 Å². The van der Waals surface area contributed by atoms with Crippen LogP contribution in [0.2, 0.25) is 0 Å². The maximum Gasteiger partial charge on any atom is 0.249 e. The van der Waals surface area contributed by atoms with Crippen LogP contribution in [0.15, 0.2) is 40.2 Å². The van der Waals surface area contributed by atoms with Crippen LogP contribution in [-0.4, -0.2) is 48.9 Å². The van der Waals surface area contributed by atoms with Gasteiger partial charge in [0.05, 0.1) is 40.8 Å². The summed E-state index contributed by atoms with van der Waals surface area (Å²) in [6.45, 7) is 5.50. The van der Waals surface area contributed by atoms with Crippen LogP contribution in [0.1, 0.15) is 19.4 Å². The molecule has 130 valence electrons. The first-order valence-corrected chi connectivity index (χ1v) is 9.77. The quantitative estimate of drug-likeness (QED) is 0.720. The minimum atomic E-state index is -3.42. The number of hydrogen-bond acceptors (Lipinski definition) is 4. The van der Waals surface area contributed by atoms with Crippen LogP contribution in [0.3, 0.4) is 0 Å². The van der Waals surface area contributed by atoms with Crippen LogP contribution in [-0.2, 0) is 15.1 Å². The van der Waals surface area contributed by atoms with Gasteiger partial charge in [-0.05, 0) is 37.6 Å². The summed E-state index contributed by atoms with van der Waals surface area (Å²) in [4.78, 5) is 12.3. The number of rotatable bonds is 6. The number of aromatic nitrogens is 1. The summed E-state index contributed by atoms with van der Waals surface area (Å²) < 4.78 is 31.1. The Bertz CT molecular complexity index is 978. The van der Waals surface area contributed by atoms with E-state index in [9.17, 15) is 13.2 Å². The molecule has 0 bridgehead atoms. The van der Waals surface area contributed by atoms with E-state index in [0.29, 0.717) is 29.0 Å². The van der Waals surface area contributed by atoms with Crippen LogP contribution in [0.5, 0.6) is 5.75 Å². The molecule has 26 heavy (non-hydrogen) atoms. The number of aryl methyl sites for hydroxylation is 1. The highest BCUT2D eigenvalue weighted by molar-refractivity contribution is 7.91. The highest BCUT2D eigenvalue weighted by Gasteiger charge is 2.20. The fourth-order valence-corrected chi connectivity index (χ4v) is 3.48. The van der Waals surface area contributed by atoms with Crippen LogP contribution in [0, 0.1) is 6.92 Å². The first kappa shape index (κ1) is 20.4. The smallest absolute Gasteiger partial charge is 0.249 e. The molecule has 0 aliphatic carbocycles. The van der Waals surface area contributed by atoms with E-state index in [0.717, 1.165) is 4.57 Å². The van der Waals surface area contributed by atoms with Gasteiger partial charge in [-0.2, -0.15) is 0 Å².